The highest BCUT2D eigenvalue weighted by Crippen LogP contribution is 2.32. The molecule has 1 amide bonds. The number of carbonyl (C=O) groups is 2. The first-order valence-electron chi connectivity index (χ1n) is 11.2. The lowest BCUT2D eigenvalue weighted by Gasteiger charge is -2.23. The first kappa shape index (κ1) is 26.7. The van der Waals surface area contributed by atoms with Crippen molar-refractivity contribution < 1.29 is 32.6 Å². The van der Waals surface area contributed by atoms with E-state index in [2.05, 4.69) is 10.3 Å². The Morgan fingerprint density at radius 3 is 2.17 bits per heavy atom. The van der Waals surface area contributed by atoms with E-state index in [1.807, 2.05) is 0 Å². The molecular formula is C27H27F3N2O4. The van der Waals surface area contributed by atoms with Crippen LogP contribution in [0.3, 0.4) is 0 Å². The lowest BCUT2D eigenvalue weighted by atomic mass is 9.97. The summed E-state index contributed by atoms with van der Waals surface area (Å²) in [5.41, 5.74) is 1.31. The predicted molar refractivity (Wildman–Crippen MR) is 130 cm³/mol. The van der Waals surface area contributed by atoms with Gasteiger partial charge in [0.1, 0.15) is 5.75 Å². The van der Waals surface area contributed by atoms with E-state index >= 15 is 0 Å². The van der Waals surface area contributed by atoms with Gasteiger partial charge < -0.3 is 15.2 Å². The van der Waals surface area contributed by atoms with Crippen LogP contribution < -0.4 is 10.1 Å². The zero-order valence-electron chi connectivity index (χ0n) is 20.5. The molecule has 6 nitrogen and oxygen atoms in total. The molecule has 190 valence electrons. The van der Waals surface area contributed by atoms with Crippen LogP contribution in [0.25, 0.3) is 11.3 Å². The van der Waals surface area contributed by atoms with E-state index in [1.54, 1.807) is 51.1 Å². The number of halogens is 3. The number of carboxylic acid groups (broad SMARTS) is 1. The monoisotopic (exact) mass is 500 g/mol. The molecular weight excluding hydrogens is 473 g/mol. The Morgan fingerprint density at radius 2 is 1.64 bits per heavy atom. The molecule has 0 saturated heterocycles. The fourth-order valence-corrected chi connectivity index (χ4v) is 3.45. The molecule has 2 aromatic carbocycles. The number of hydrogen-bond acceptors (Lipinski definition) is 4. The van der Waals surface area contributed by atoms with Gasteiger partial charge in [-0.2, -0.15) is 13.2 Å². The molecule has 1 unspecified atom stereocenters. The molecule has 0 saturated carbocycles. The summed E-state index contributed by atoms with van der Waals surface area (Å²) in [5.74, 6) is -1.48. The molecule has 36 heavy (non-hydrogen) atoms. The van der Waals surface area contributed by atoms with E-state index in [1.165, 1.54) is 26.0 Å². The van der Waals surface area contributed by atoms with Crippen molar-refractivity contribution in [1.29, 1.82) is 0 Å². The van der Waals surface area contributed by atoms with Crippen LogP contribution in [-0.4, -0.2) is 27.6 Å². The van der Waals surface area contributed by atoms with Gasteiger partial charge in [0, 0.05) is 5.56 Å². The number of rotatable bonds is 7. The van der Waals surface area contributed by atoms with Crippen LogP contribution in [0.15, 0.2) is 54.6 Å². The average Bonchev–Trinajstić information content (AvgIpc) is 2.80. The van der Waals surface area contributed by atoms with E-state index in [0.29, 0.717) is 34.0 Å². The number of aromatic nitrogens is 1. The SMILES string of the molecule is Cc1cc(C(C)C(=O)Nc2ccc(-c3ccc(C(F)(F)F)cc3)nc2C)ccc1OC(C)(C)C(=O)O. The normalized spacial score (nSPS) is 12.7. The molecule has 1 heterocycles. The molecule has 2 N–H and O–H groups in total. The summed E-state index contributed by atoms with van der Waals surface area (Å²) in [7, 11) is 0. The zero-order valence-corrected chi connectivity index (χ0v) is 20.5. The standard InChI is InChI=1S/C27H27F3N2O4/c1-15-14-19(8-13-23(15)36-26(4,5)25(34)35)16(2)24(33)32-21-11-12-22(31-17(21)3)18-6-9-20(10-7-18)27(28,29)30/h6-14,16H,1-5H3,(H,32,33)(H,34,35). The molecule has 0 aliphatic heterocycles. The number of nitrogens with one attached hydrogen (secondary N) is 1. The topological polar surface area (TPSA) is 88.5 Å². The Hall–Kier alpha value is -3.88. The molecule has 0 aliphatic carbocycles. The van der Waals surface area contributed by atoms with Crippen molar-refractivity contribution in [1.82, 2.24) is 4.98 Å². The Morgan fingerprint density at radius 1 is 1.00 bits per heavy atom. The lowest BCUT2D eigenvalue weighted by Crippen LogP contribution is -2.38. The van der Waals surface area contributed by atoms with E-state index in [-0.39, 0.29) is 5.91 Å². The van der Waals surface area contributed by atoms with Crippen LogP contribution >= 0.6 is 0 Å². The van der Waals surface area contributed by atoms with Gasteiger partial charge in [0.05, 0.1) is 28.6 Å². The lowest BCUT2D eigenvalue weighted by molar-refractivity contribution is -0.152. The third kappa shape index (κ3) is 6.02. The number of pyridine rings is 1. The minimum atomic E-state index is -4.41. The number of alkyl halides is 3. The van der Waals surface area contributed by atoms with E-state index in [0.717, 1.165) is 17.7 Å². The number of anilines is 1. The summed E-state index contributed by atoms with van der Waals surface area (Å²) >= 11 is 0. The molecule has 1 aromatic heterocycles. The van der Waals surface area contributed by atoms with Crippen molar-refractivity contribution in [3.8, 4) is 17.0 Å². The van der Waals surface area contributed by atoms with E-state index in [4.69, 9.17) is 4.74 Å². The summed E-state index contributed by atoms with van der Waals surface area (Å²) in [6.07, 6.45) is -4.41. The highest BCUT2D eigenvalue weighted by molar-refractivity contribution is 5.96. The maximum atomic E-state index is 12.9. The molecule has 0 spiro atoms. The third-order valence-corrected chi connectivity index (χ3v) is 5.82. The van der Waals surface area contributed by atoms with Crippen LogP contribution in [0.4, 0.5) is 18.9 Å². The number of carboxylic acids is 1. The number of aliphatic carboxylic acids is 1. The van der Waals surface area contributed by atoms with Gasteiger partial charge in [-0.15, -0.1) is 0 Å². The van der Waals surface area contributed by atoms with Crippen LogP contribution in [0.5, 0.6) is 5.75 Å². The number of carbonyl (C=O) groups excluding carboxylic acids is 1. The molecule has 3 rings (SSSR count). The van der Waals surface area contributed by atoms with Crippen LogP contribution in [-0.2, 0) is 15.8 Å². The Kier molecular flexibility index (Phi) is 7.43. The first-order chi connectivity index (χ1) is 16.7. The van der Waals surface area contributed by atoms with Gasteiger partial charge in [0.25, 0.3) is 0 Å². The van der Waals surface area contributed by atoms with E-state index in [9.17, 15) is 27.9 Å². The van der Waals surface area contributed by atoms with Crippen molar-refractivity contribution >= 4 is 17.6 Å². The molecule has 9 heteroatoms. The number of aryl methyl sites for hydroxylation is 2. The summed E-state index contributed by atoms with van der Waals surface area (Å²) in [6, 6.07) is 13.2. The summed E-state index contributed by atoms with van der Waals surface area (Å²) in [5, 5.41) is 12.1. The summed E-state index contributed by atoms with van der Waals surface area (Å²) < 4.78 is 44.0. The Labute approximate surface area is 207 Å². The second-order valence-electron chi connectivity index (χ2n) is 9.06. The quantitative estimate of drug-likeness (QED) is 0.394. The van der Waals surface area contributed by atoms with Gasteiger partial charge in [-0.25, -0.2) is 4.79 Å². The number of benzene rings is 2. The summed E-state index contributed by atoms with van der Waals surface area (Å²) in [6.45, 7) is 8.13. The maximum absolute atomic E-state index is 12.9. The van der Waals surface area contributed by atoms with Crippen molar-refractivity contribution in [3.63, 3.8) is 0 Å². The molecule has 0 radical (unpaired) electrons. The number of ether oxygens (including phenoxy) is 1. The second-order valence-corrected chi connectivity index (χ2v) is 9.06. The predicted octanol–water partition coefficient (Wildman–Crippen LogP) is 6.37. The van der Waals surface area contributed by atoms with Crippen molar-refractivity contribution in [2.24, 2.45) is 0 Å². The van der Waals surface area contributed by atoms with Crippen LogP contribution in [0.2, 0.25) is 0 Å². The van der Waals surface area contributed by atoms with Crippen LogP contribution in [0.1, 0.15) is 49.1 Å². The van der Waals surface area contributed by atoms with Gasteiger partial charge in [-0.05, 0) is 76.1 Å². The van der Waals surface area contributed by atoms with Crippen LogP contribution in [0, 0.1) is 13.8 Å². The largest absolute Gasteiger partial charge is 0.478 e. The first-order valence-corrected chi connectivity index (χ1v) is 11.2. The molecule has 1 atom stereocenters. The van der Waals surface area contributed by atoms with Gasteiger partial charge in [0.15, 0.2) is 5.60 Å². The zero-order chi connectivity index (χ0) is 26.8. The Balaban J connectivity index is 1.73. The van der Waals surface area contributed by atoms with Crippen molar-refractivity contribution in [3.05, 3.63) is 77.0 Å². The number of nitrogens with zero attached hydrogens (tertiary/aromatic N) is 1. The van der Waals surface area contributed by atoms with Crippen molar-refractivity contribution in [2.75, 3.05) is 5.32 Å². The third-order valence-electron chi connectivity index (χ3n) is 5.82. The highest BCUT2D eigenvalue weighted by atomic mass is 19.4. The minimum absolute atomic E-state index is 0.277. The second kappa shape index (κ2) is 10.0. The van der Waals surface area contributed by atoms with Crippen molar-refractivity contribution in [2.45, 2.75) is 52.3 Å². The van der Waals surface area contributed by atoms with Gasteiger partial charge in [-0.3, -0.25) is 9.78 Å². The molecule has 0 fully saturated rings. The average molecular weight is 501 g/mol. The minimum Gasteiger partial charge on any atom is -0.478 e. The van der Waals surface area contributed by atoms with Gasteiger partial charge in [0.2, 0.25) is 5.91 Å². The van der Waals surface area contributed by atoms with Gasteiger partial charge in [-0.1, -0.05) is 24.3 Å². The molecule has 0 bridgehead atoms. The number of hydrogen-bond donors (Lipinski definition) is 2. The number of amides is 1. The highest BCUT2D eigenvalue weighted by Gasteiger charge is 2.31. The smallest absolute Gasteiger partial charge is 0.416 e. The van der Waals surface area contributed by atoms with E-state index < -0.39 is 29.2 Å². The van der Waals surface area contributed by atoms with Gasteiger partial charge >= 0.3 is 12.1 Å². The fourth-order valence-electron chi connectivity index (χ4n) is 3.45. The summed E-state index contributed by atoms with van der Waals surface area (Å²) in [4.78, 5) is 28.7. The Bertz CT molecular complexity index is 1290. The fraction of sp³-hybridized carbons (Fsp3) is 0.296. The molecule has 0 aliphatic rings. The maximum Gasteiger partial charge on any atom is 0.416 e. The molecule has 3 aromatic rings.